The van der Waals surface area contributed by atoms with Gasteiger partial charge in [0.05, 0.1) is 5.69 Å². The molecule has 8 heteroatoms. The van der Waals surface area contributed by atoms with Gasteiger partial charge in [0.25, 0.3) is 0 Å². The Balaban J connectivity index is 3.25. The summed E-state index contributed by atoms with van der Waals surface area (Å²) in [6.07, 6.45) is -0.394. The first-order chi connectivity index (χ1) is 10.3. The molecule has 1 aromatic rings. The molecule has 2 amide bonds. The van der Waals surface area contributed by atoms with Gasteiger partial charge in [0, 0.05) is 10.7 Å². The van der Waals surface area contributed by atoms with Gasteiger partial charge < -0.3 is 15.2 Å². The number of imide groups is 1. The van der Waals surface area contributed by atoms with Crippen molar-refractivity contribution in [2.24, 2.45) is 0 Å². The predicted molar refractivity (Wildman–Crippen MR) is 91.3 cm³/mol. The molecule has 0 aliphatic heterocycles. The number of rotatable bonds is 1. The highest BCUT2D eigenvalue weighted by atomic mass is 79.9. The molecule has 0 unspecified atom stereocenters. The lowest BCUT2D eigenvalue weighted by Gasteiger charge is -2.28. The number of carbonyl (C=O) groups is 2. The second kappa shape index (κ2) is 6.74. The minimum absolute atomic E-state index is 0.0447. The Morgan fingerprint density at radius 1 is 1.09 bits per heavy atom. The van der Waals surface area contributed by atoms with Gasteiger partial charge in [0.2, 0.25) is 0 Å². The summed E-state index contributed by atoms with van der Waals surface area (Å²) in [6.45, 7) is 10.1. The molecule has 2 N–H and O–H groups in total. The lowest BCUT2D eigenvalue weighted by molar-refractivity contribution is 0.0429. The molecule has 0 aromatic carbocycles. The van der Waals surface area contributed by atoms with Crippen LogP contribution in [-0.2, 0) is 9.47 Å². The smallest absolute Gasteiger partial charge is 0.425 e. The monoisotopic (exact) mass is 387 g/mol. The summed E-state index contributed by atoms with van der Waals surface area (Å²) < 4.78 is 11.1. The fourth-order valence-electron chi connectivity index (χ4n) is 1.50. The summed E-state index contributed by atoms with van der Waals surface area (Å²) >= 11 is 3.22. The van der Waals surface area contributed by atoms with E-state index in [-0.39, 0.29) is 11.5 Å². The first kappa shape index (κ1) is 19.2. The zero-order chi connectivity index (χ0) is 18.0. The molecule has 128 valence electrons. The molecule has 1 heterocycles. The van der Waals surface area contributed by atoms with Crippen LogP contribution >= 0.6 is 15.9 Å². The molecule has 0 saturated heterocycles. The summed E-state index contributed by atoms with van der Waals surface area (Å²) in [5.74, 6) is -0.0447. The molecular weight excluding hydrogens is 366 g/mol. The van der Waals surface area contributed by atoms with Crippen molar-refractivity contribution in [1.29, 1.82) is 0 Å². The topological polar surface area (TPSA) is 94.8 Å². The fourth-order valence-corrected chi connectivity index (χ4v) is 1.85. The Labute approximate surface area is 144 Å². The zero-order valence-electron chi connectivity index (χ0n) is 14.1. The maximum Gasteiger partial charge on any atom is 0.425 e. The average molecular weight is 388 g/mol. The van der Waals surface area contributed by atoms with Crippen LogP contribution in [-0.4, -0.2) is 28.4 Å². The molecule has 1 rings (SSSR count). The standard InChI is InChI=1S/C15H22BrN3O4/c1-14(2,3)22-12(20)19(13(21)23-15(4,5)6)11-10(17)7-9(16)8-18-11/h7-8H,17H2,1-6H3. The largest absolute Gasteiger partial charge is 0.443 e. The number of carbonyl (C=O) groups excluding carboxylic acids is 2. The van der Waals surface area contributed by atoms with Crippen LogP contribution in [0.3, 0.4) is 0 Å². The van der Waals surface area contributed by atoms with Gasteiger partial charge in [0.1, 0.15) is 11.2 Å². The van der Waals surface area contributed by atoms with Gasteiger partial charge in [-0.25, -0.2) is 14.6 Å². The average Bonchev–Trinajstić information content (AvgIpc) is 2.27. The summed E-state index contributed by atoms with van der Waals surface area (Å²) in [6, 6.07) is 1.53. The number of nitrogens with zero attached hydrogens (tertiary/aromatic N) is 2. The van der Waals surface area contributed by atoms with Crippen LogP contribution in [0.1, 0.15) is 41.5 Å². The first-order valence-electron chi connectivity index (χ1n) is 6.97. The zero-order valence-corrected chi connectivity index (χ0v) is 15.7. The van der Waals surface area contributed by atoms with Gasteiger partial charge in [0.15, 0.2) is 5.82 Å². The number of hydrogen-bond donors (Lipinski definition) is 1. The molecule has 23 heavy (non-hydrogen) atoms. The number of amides is 2. The maximum absolute atomic E-state index is 12.4. The van der Waals surface area contributed by atoms with E-state index < -0.39 is 23.4 Å². The van der Waals surface area contributed by atoms with Crippen molar-refractivity contribution in [2.75, 3.05) is 10.6 Å². The number of anilines is 2. The van der Waals surface area contributed by atoms with Crippen LogP contribution < -0.4 is 10.6 Å². The molecule has 0 fully saturated rings. The normalized spacial score (nSPS) is 11.8. The lowest BCUT2D eigenvalue weighted by Crippen LogP contribution is -2.44. The van der Waals surface area contributed by atoms with Crippen LogP contribution in [0.2, 0.25) is 0 Å². The van der Waals surface area contributed by atoms with Gasteiger partial charge in [-0.3, -0.25) is 0 Å². The van der Waals surface area contributed by atoms with E-state index in [1.807, 2.05) is 0 Å². The van der Waals surface area contributed by atoms with Gasteiger partial charge in [-0.1, -0.05) is 0 Å². The van der Waals surface area contributed by atoms with Gasteiger partial charge in [-0.2, -0.15) is 4.90 Å². The number of nitrogens with two attached hydrogens (primary N) is 1. The molecule has 0 atom stereocenters. The minimum atomic E-state index is -0.909. The van der Waals surface area contributed by atoms with E-state index >= 15 is 0 Å². The highest BCUT2D eigenvalue weighted by Gasteiger charge is 2.34. The third-order valence-corrected chi connectivity index (χ3v) is 2.66. The van der Waals surface area contributed by atoms with Gasteiger partial charge in [-0.15, -0.1) is 0 Å². The highest BCUT2D eigenvalue weighted by molar-refractivity contribution is 9.10. The molecule has 0 spiro atoms. The van der Waals surface area contributed by atoms with E-state index in [0.29, 0.717) is 9.37 Å². The van der Waals surface area contributed by atoms with Crippen molar-refractivity contribution in [2.45, 2.75) is 52.7 Å². The Bertz CT molecular complexity index is 578. The van der Waals surface area contributed by atoms with Crippen molar-refractivity contribution >= 4 is 39.6 Å². The predicted octanol–water partition coefficient (Wildman–Crippen LogP) is 4.10. The summed E-state index contributed by atoms with van der Waals surface area (Å²) in [7, 11) is 0. The molecule has 0 aliphatic carbocycles. The molecule has 7 nitrogen and oxygen atoms in total. The summed E-state index contributed by atoms with van der Waals surface area (Å²) in [5, 5.41) is 0. The Morgan fingerprint density at radius 3 is 1.87 bits per heavy atom. The number of ether oxygens (including phenoxy) is 2. The van der Waals surface area contributed by atoms with Crippen LogP contribution in [0.5, 0.6) is 0 Å². The van der Waals surface area contributed by atoms with E-state index in [0.717, 1.165) is 0 Å². The molecule has 0 radical (unpaired) electrons. The third-order valence-electron chi connectivity index (χ3n) is 2.23. The van der Waals surface area contributed by atoms with Crippen LogP contribution in [0.15, 0.2) is 16.7 Å². The van der Waals surface area contributed by atoms with Crippen molar-refractivity contribution in [3.05, 3.63) is 16.7 Å². The van der Waals surface area contributed by atoms with Crippen LogP contribution in [0.25, 0.3) is 0 Å². The van der Waals surface area contributed by atoms with Crippen LogP contribution in [0.4, 0.5) is 21.1 Å². The molecule has 0 saturated carbocycles. The summed E-state index contributed by atoms with van der Waals surface area (Å²) in [4.78, 5) is 29.6. The Hall–Kier alpha value is -1.83. The van der Waals surface area contributed by atoms with E-state index in [4.69, 9.17) is 15.2 Å². The van der Waals surface area contributed by atoms with Crippen molar-refractivity contribution in [1.82, 2.24) is 4.98 Å². The molecule has 0 bridgehead atoms. The Morgan fingerprint density at radius 2 is 1.52 bits per heavy atom. The van der Waals surface area contributed by atoms with E-state index in [9.17, 15) is 9.59 Å². The van der Waals surface area contributed by atoms with Crippen molar-refractivity contribution < 1.29 is 19.1 Å². The second-order valence-corrected chi connectivity index (χ2v) is 7.78. The van der Waals surface area contributed by atoms with Gasteiger partial charge >= 0.3 is 12.2 Å². The third kappa shape index (κ3) is 6.05. The van der Waals surface area contributed by atoms with Crippen molar-refractivity contribution in [3.63, 3.8) is 0 Å². The fraction of sp³-hybridized carbons (Fsp3) is 0.533. The lowest BCUT2D eigenvalue weighted by atomic mass is 10.2. The maximum atomic E-state index is 12.4. The highest BCUT2D eigenvalue weighted by Crippen LogP contribution is 2.27. The minimum Gasteiger partial charge on any atom is -0.443 e. The van der Waals surface area contributed by atoms with Crippen molar-refractivity contribution in [3.8, 4) is 0 Å². The van der Waals surface area contributed by atoms with Crippen LogP contribution in [0, 0.1) is 0 Å². The number of nitrogen functional groups attached to an aromatic ring is 1. The van der Waals surface area contributed by atoms with E-state index in [2.05, 4.69) is 20.9 Å². The van der Waals surface area contributed by atoms with Gasteiger partial charge in [-0.05, 0) is 63.5 Å². The molecule has 1 aromatic heterocycles. The molecular formula is C15H22BrN3O4. The second-order valence-electron chi connectivity index (χ2n) is 6.86. The number of aromatic nitrogens is 1. The summed E-state index contributed by atoms with van der Waals surface area (Å²) in [5.41, 5.74) is 4.43. The molecule has 0 aliphatic rings. The van der Waals surface area contributed by atoms with E-state index in [1.54, 1.807) is 41.5 Å². The number of pyridine rings is 1. The first-order valence-corrected chi connectivity index (χ1v) is 7.76. The van der Waals surface area contributed by atoms with E-state index in [1.165, 1.54) is 12.3 Å². The Kier molecular flexibility index (Phi) is 5.63. The number of halogens is 1. The quantitative estimate of drug-likeness (QED) is 0.778. The SMILES string of the molecule is CC(C)(C)OC(=O)N(C(=O)OC(C)(C)C)c1ncc(Br)cc1N. The number of hydrogen-bond acceptors (Lipinski definition) is 6.